The fraction of sp³-hybridized carbons (Fsp3) is 0.550. The van der Waals surface area contributed by atoms with Gasteiger partial charge in [-0.25, -0.2) is 0 Å². The number of carbonyl (C=O) groups excluding carboxylic acids is 2. The number of halogens is 1. The molecule has 0 spiro atoms. The molecule has 1 aliphatic heterocycles. The molecule has 1 atom stereocenters. The van der Waals surface area contributed by atoms with Gasteiger partial charge in [0.25, 0.3) is 0 Å². The zero-order valence-electron chi connectivity index (χ0n) is 17.4. The van der Waals surface area contributed by atoms with E-state index in [-0.39, 0.29) is 11.8 Å². The number of hydrogen-bond acceptors (Lipinski definition) is 6. The Hall–Kier alpha value is -2.52. The lowest BCUT2D eigenvalue weighted by Crippen LogP contribution is -2.42. The van der Waals surface area contributed by atoms with Crippen LogP contribution in [0.3, 0.4) is 0 Å². The first kappa shape index (κ1) is 22.2. The SMILES string of the molecule is CCNC(=O)CN1CCCN(C(=O)C(CC)n2nnc(-c3ccc(Cl)cc3)n2)CC1. The highest BCUT2D eigenvalue weighted by atomic mass is 35.5. The minimum absolute atomic E-state index is 0.0163. The van der Waals surface area contributed by atoms with E-state index >= 15 is 0 Å². The van der Waals surface area contributed by atoms with Crippen LogP contribution in [0.1, 0.15) is 32.7 Å². The third kappa shape index (κ3) is 5.54. The molecule has 10 heteroatoms. The first-order valence-electron chi connectivity index (χ1n) is 10.3. The van der Waals surface area contributed by atoms with E-state index in [4.69, 9.17) is 11.6 Å². The smallest absolute Gasteiger partial charge is 0.249 e. The standard InChI is InChI=1S/C20H28ClN7O2/c1-3-17(28-24-19(23-25-28)15-6-8-16(21)9-7-15)20(30)27-11-5-10-26(12-13-27)14-18(29)22-4-2/h6-9,17H,3-5,10-14H2,1-2H3,(H,22,29). The van der Waals surface area contributed by atoms with Gasteiger partial charge < -0.3 is 10.2 Å². The third-order valence-electron chi connectivity index (χ3n) is 5.12. The Kier molecular flexibility index (Phi) is 7.75. The van der Waals surface area contributed by atoms with Gasteiger partial charge in [0.05, 0.1) is 6.54 Å². The number of amides is 2. The van der Waals surface area contributed by atoms with Gasteiger partial charge in [0.15, 0.2) is 6.04 Å². The van der Waals surface area contributed by atoms with E-state index in [2.05, 4.69) is 25.6 Å². The maximum atomic E-state index is 13.2. The molecular weight excluding hydrogens is 406 g/mol. The molecule has 0 saturated carbocycles. The summed E-state index contributed by atoms with van der Waals surface area (Å²) in [5.41, 5.74) is 0.795. The zero-order valence-corrected chi connectivity index (χ0v) is 18.2. The fourth-order valence-corrected chi connectivity index (χ4v) is 3.65. The summed E-state index contributed by atoms with van der Waals surface area (Å²) < 4.78 is 0. The maximum absolute atomic E-state index is 13.2. The summed E-state index contributed by atoms with van der Waals surface area (Å²) in [6.07, 6.45) is 1.39. The highest BCUT2D eigenvalue weighted by Crippen LogP contribution is 2.20. The molecule has 1 aliphatic rings. The Morgan fingerprint density at radius 3 is 2.60 bits per heavy atom. The Labute approximate surface area is 181 Å². The van der Waals surface area contributed by atoms with Gasteiger partial charge in [-0.1, -0.05) is 18.5 Å². The molecule has 1 N–H and O–H groups in total. The van der Waals surface area contributed by atoms with E-state index in [1.165, 1.54) is 4.80 Å². The second-order valence-electron chi connectivity index (χ2n) is 7.27. The summed E-state index contributed by atoms with van der Waals surface area (Å²) in [5, 5.41) is 16.1. The van der Waals surface area contributed by atoms with Crippen molar-refractivity contribution in [2.45, 2.75) is 32.7 Å². The molecule has 1 fully saturated rings. The summed E-state index contributed by atoms with van der Waals surface area (Å²) in [4.78, 5) is 30.4. The molecule has 162 valence electrons. The number of carbonyl (C=O) groups is 2. The normalized spacial score (nSPS) is 16.2. The van der Waals surface area contributed by atoms with Gasteiger partial charge in [-0.3, -0.25) is 14.5 Å². The van der Waals surface area contributed by atoms with Crippen LogP contribution in [0.25, 0.3) is 11.4 Å². The maximum Gasteiger partial charge on any atom is 0.249 e. The number of benzene rings is 1. The molecule has 1 aromatic heterocycles. The molecule has 2 heterocycles. The van der Waals surface area contributed by atoms with E-state index in [9.17, 15) is 9.59 Å². The van der Waals surface area contributed by atoms with E-state index < -0.39 is 6.04 Å². The minimum atomic E-state index is -0.506. The second-order valence-corrected chi connectivity index (χ2v) is 7.71. The van der Waals surface area contributed by atoms with Crippen molar-refractivity contribution in [3.63, 3.8) is 0 Å². The average molecular weight is 434 g/mol. The Morgan fingerprint density at radius 2 is 1.90 bits per heavy atom. The lowest BCUT2D eigenvalue weighted by Gasteiger charge is -2.25. The molecular formula is C20H28ClN7O2. The van der Waals surface area contributed by atoms with Gasteiger partial charge in [-0.05, 0) is 49.2 Å². The minimum Gasteiger partial charge on any atom is -0.355 e. The van der Waals surface area contributed by atoms with Crippen LogP contribution in [0.15, 0.2) is 24.3 Å². The van der Waals surface area contributed by atoms with Gasteiger partial charge >= 0.3 is 0 Å². The monoisotopic (exact) mass is 433 g/mol. The third-order valence-corrected chi connectivity index (χ3v) is 5.37. The number of nitrogens with one attached hydrogen (secondary N) is 1. The molecule has 9 nitrogen and oxygen atoms in total. The van der Waals surface area contributed by atoms with Crippen molar-refractivity contribution in [1.82, 2.24) is 35.3 Å². The molecule has 0 radical (unpaired) electrons. The Morgan fingerprint density at radius 1 is 1.13 bits per heavy atom. The second kappa shape index (κ2) is 10.5. The van der Waals surface area contributed by atoms with Crippen molar-refractivity contribution in [3.8, 4) is 11.4 Å². The highest BCUT2D eigenvalue weighted by molar-refractivity contribution is 6.30. The van der Waals surface area contributed by atoms with Crippen LogP contribution in [-0.2, 0) is 9.59 Å². The van der Waals surface area contributed by atoms with Gasteiger partial charge in [-0.2, -0.15) is 4.80 Å². The fourth-order valence-electron chi connectivity index (χ4n) is 3.52. The molecule has 2 aromatic rings. The molecule has 1 unspecified atom stereocenters. The van der Waals surface area contributed by atoms with Crippen molar-refractivity contribution in [1.29, 1.82) is 0 Å². The van der Waals surface area contributed by atoms with Crippen molar-refractivity contribution >= 4 is 23.4 Å². The predicted octanol–water partition coefficient (Wildman–Crippen LogP) is 1.61. The lowest BCUT2D eigenvalue weighted by molar-refractivity contribution is -0.135. The number of nitrogens with zero attached hydrogens (tertiary/aromatic N) is 6. The van der Waals surface area contributed by atoms with Crippen LogP contribution in [0.4, 0.5) is 0 Å². The van der Waals surface area contributed by atoms with Crippen LogP contribution >= 0.6 is 11.6 Å². The largest absolute Gasteiger partial charge is 0.355 e. The van der Waals surface area contributed by atoms with Crippen molar-refractivity contribution in [2.24, 2.45) is 0 Å². The summed E-state index contributed by atoms with van der Waals surface area (Å²) in [5.74, 6) is 0.463. The van der Waals surface area contributed by atoms with Crippen molar-refractivity contribution in [2.75, 3.05) is 39.3 Å². The van der Waals surface area contributed by atoms with Gasteiger partial charge in [-0.15, -0.1) is 10.2 Å². The molecule has 2 amide bonds. The van der Waals surface area contributed by atoms with E-state index in [1.54, 1.807) is 12.1 Å². The topological polar surface area (TPSA) is 96.2 Å². The first-order chi connectivity index (χ1) is 14.5. The van der Waals surface area contributed by atoms with Crippen LogP contribution in [0.2, 0.25) is 5.02 Å². The Bertz CT molecular complexity index is 855. The molecule has 0 bridgehead atoms. The Balaban J connectivity index is 1.64. The average Bonchev–Trinajstić information content (AvgIpc) is 3.09. The number of likely N-dealkylation sites (N-methyl/N-ethyl adjacent to an activating group) is 1. The summed E-state index contributed by atoms with van der Waals surface area (Å²) >= 11 is 5.93. The zero-order chi connectivity index (χ0) is 21.5. The van der Waals surface area contributed by atoms with E-state index in [1.807, 2.05) is 30.9 Å². The first-order valence-corrected chi connectivity index (χ1v) is 10.7. The molecule has 30 heavy (non-hydrogen) atoms. The number of aromatic nitrogens is 4. The van der Waals surface area contributed by atoms with Crippen LogP contribution in [0.5, 0.6) is 0 Å². The summed E-state index contributed by atoms with van der Waals surface area (Å²) in [6, 6.07) is 6.68. The lowest BCUT2D eigenvalue weighted by atomic mass is 10.2. The van der Waals surface area contributed by atoms with Crippen LogP contribution in [0, 0.1) is 0 Å². The van der Waals surface area contributed by atoms with Crippen molar-refractivity contribution < 1.29 is 9.59 Å². The van der Waals surface area contributed by atoms with Crippen molar-refractivity contribution in [3.05, 3.63) is 29.3 Å². The highest BCUT2D eigenvalue weighted by Gasteiger charge is 2.28. The molecule has 3 rings (SSSR count). The summed E-state index contributed by atoms with van der Waals surface area (Å²) in [7, 11) is 0. The number of tetrazole rings is 1. The number of rotatable bonds is 7. The molecule has 0 aliphatic carbocycles. The van der Waals surface area contributed by atoms with Gasteiger partial charge in [0, 0.05) is 43.3 Å². The van der Waals surface area contributed by atoms with Crippen LogP contribution < -0.4 is 5.32 Å². The molecule has 1 aromatic carbocycles. The van der Waals surface area contributed by atoms with Gasteiger partial charge in [0.1, 0.15) is 0 Å². The van der Waals surface area contributed by atoms with Crippen LogP contribution in [-0.4, -0.2) is 81.1 Å². The number of hydrogen-bond donors (Lipinski definition) is 1. The van der Waals surface area contributed by atoms with E-state index in [0.717, 1.165) is 18.5 Å². The van der Waals surface area contributed by atoms with E-state index in [0.29, 0.717) is 50.0 Å². The summed E-state index contributed by atoms with van der Waals surface area (Å²) in [6.45, 7) is 7.52. The predicted molar refractivity (Wildman–Crippen MR) is 114 cm³/mol. The quantitative estimate of drug-likeness (QED) is 0.712. The molecule has 1 saturated heterocycles. The van der Waals surface area contributed by atoms with Gasteiger partial charge in [0.2, 0.25) is 17.6 Å².